The molecule has 0 radical (unpaired) electrons. The summed E-state index contributed by atoms with van der Waals surface area (Å²) in [5, 5.41) is 0. The number of unbranched alkanes of at least 4 members (excludes halogenated alkanes) is 3. The van der Waals surface area contributed by atoms with Gasteiger partial charge in [0.15, 0.2) is 3.95 Å². The average Bonchev–Trinajstić information content (AvgIpc) is 1.85. The minimum absolute atomic E-state index is 1.02. The summed E-state index contributed by atoms with van der Waals surface area (Å²) < 4.78 is -2.02. The monoisotopic (exact) mass is 250 g/mol. The van der Waals surface area contributed by atoms with E-state index in [2.05, 4.69) is 6.92 Å². The van der Waals surface area contributed by atoms with Crippen LogP contribution in [0, 0.1) is 0 Å². The first-order chi connectivity index (χ1) is 5.06. The lowest BCUT2D eigenvalue weighted by molar-refractivity contribution is 0.707. The van der Waals surface area contributed by atoms with Gasteiger partial charge in [-0.25, -0.2) is 0 Å². The molecule has 0 saturated heterocycles. The number of hydrogen-bond donors (Lipinski definition) is 0. The van der Waals surface area contributed by atoms with E-state index in [1.165, 1.54) is 25.7 Å². The van der Waals surface area contributed by atoms with Crippen molar-refractivity contribution in [2.45, 2.75) is 32.6 Å². The summed E-state index contributed by atoms with van der Waals surface area (Å²) in [6, 6.07) is 0. The average molecular weight is 251 g/mol. The van der Waals surface area contributed by atoms with Crippen LogP contribution in [0.5, 0.6) is 0 Å². The molecule has 0 aromatic heterocycles. The SMILES string of the molecule is CCCCCCSP(=S)(Cl)Cl. The Bertz CT molecular complexity index is 135. The Morgan fingerprint density at radius 1 is 1.27 bits per heavy atom. The molecule has 0 aliphatic carbocycles. The molecule has 0 atom stereocenters. The van der Waals surface area contributed by atoms with Crippen LogP contribution in [0.15, 0.2) is 0 Å². The number of halogens is 2. The summed E-state index contributed by atoms with van der Waals surface area (Å²) in [5.41, 5.74) is 0. The summed E-state index contributed by atoms with van der Waals surface area (Å²) in [6.45, 7) is 2.20. The second-order valence-electron chi connectivity index (χ2n) is 2.31. The van der Waals surface area contributed by atoms with Gasteiger partial charge in [-0.15, -0.1) is 0 Å². The first-order valence-corrected chi connectivity index (χ1v) is 9.90. The van der Waals surface area contributed by atoms with E-state index in [1.54, 1.807) is 11.4 Å². The molecule has 0 N–H and O–H groups in total. The van der Waals surface area contributed by atoms with Gasteiger partial charge in [-0.1, -0.05) is 71.9 Å². The van der Waals surface area contributed by atoms with Crippen molar-refractivity contribution >= 4 is 49.6 Å². The molecule has 5 heteroatoms. The van der Waals surface area contributed by atoms with Crippen molar-refractivity contribution in [3.05, 3.63) is 0 Å². The smallest absolute Gasteiger partial charge is 0.0948 e. The molecule has 0 bridgehead atoms. The fourth-order valence-electron chi connectivity index (χ4n) is 0.700. The van der Waals surface area contributed by atoms with E-state index >= 15 is 0 Å². The van der Waals surface area contributed by atoms with E-state index in [1.807, 2.05) is 0 Å². The molecule has 0 unspecified atom stereocenters. The lowest BCUT2D eigenvalue weighted by atomic mass is 10.2. The summed E-state index contributed by atoms with van der Waals surface area (Å²) in [6.07, 6.45) is 5.03. The topological polar surface area (TPSA) is 0 Å². The minimum Gasteiger partial charge on any atom is -0.0948 e. The van der Waals surface area contributed by atoms with Crippen molar-refractivity contribution in [2.75, 3.05) is 5.75 Å². The van der Waals surface area contributed by atoms with Gasteiger partial charge in [0.25, 0.3) is 0 Å². The Morgan fingerprint density at radius 2 is 1.91 bits per heavy atom. The predicted octanol–water partition coefficient (Wildman–Crippen LogP) is 5.00. The first-order valence-electron chi connectivity index (χ1n) is 3.70. The summed E-state index contributed by atoms with van der Waals surface area (Å²) in [7, 11) is 0. The van der Waals surface area contributed by atoms with E-state index in [4.69, 9.17) is 34.3 Å². The van der Waals surface area contributed by atoms with Gasteiger partial charge in [0.2, 0.25) is 0 Å². The van der Waals surface area contributed by atoms with Crippen LogP contribution >= 0.6 is 37.8 Å². The molecule has 0 amide bonds. The molecule has 0 aromatic carbocycles. The molecule has 68 valence electrons. The molecule has 0 spiro atoms. The van der Waals surface area contributed by atoms with Crippen LogP contribution in [-0.2, 0) is 11.8 Å². The third kappa shape index (κ3) is 11.6. The van der Waals surface area contributed by atoms with Gasteiger partial charge in [0.1, 0.15) is 0 Å². The third-order valence-electron chi connectivity index (χ3n) is 1.24. The zero-order chi connectivity index (χ0) is 8.74. The summed E-state index contributed by atoms with van der Waals surface area (Å²) in [4.78, 5) is 0. The molecular formula is C6H13Cl2PS2. The maximum Gasteiger partial charge on any atom is 0.171 e. The Labute approximate surface area is 87.7 Å². The second-order valence-corrected chi connectivity index (χ2v) is 14.5. The zero-order valence-corrected chi connectivity index (χ0v) is 10.6. The van der Waals surface area contributed by atoms with Crippen molar-refractivity contribution in [1.29, 1.82) is 0 Å². The molecule has 0 nitrogen and oxygen atoms in total. The number of rotatable bonds is 6. The fraction of sp³-hybridized carbons (Fsp3) is 1.00. The highest BCUT2D eigenvalue weighted by Crippen LogP contribution is 2.68. The van der Waals surface area contributed by atoms with Crippen molar-refractivity contribution in [3.63, 3.8) is 0 Å². The molecule has 0 aromatic rings. The highest BCUT2D eigenvalue weighted by molar-refractivity contribution is 8.85. The van der Waals surface area contributed by atoms with Crippen LogP contribution in [0.4, 0.5) is 0 Å². The van der Waals surface area contributed by atoms with Crippen molar-refractivity contribution in [3.8, 4) is 0 Å². The van der Waals surface area contributed by atoms with Gasteiger partial charge in [0, 0.05) is 5.75 Å². The maximum absolute atomic E-state index is 5.70. The quantitative estimate of drug-likeness (QED) is 0.481. The lowest BCUT2D eigenvalue weighted by Crippen LogP contribution is -1.77. The molecule has 0 aliphatic rings. The van der Waals surface area contributed by atoms with Crippen LogP contribution in [0.1, 0.15) is 32.6 Å². The molecule has 0 rings (SSSR count). The minimum atomic E-state index is -2.02. The van der Waals surface area contributed by atoms with Crippen LogP contribution in [0.2, 0.25) is 0 Å². The fourth-order valence-corrected chi connectivity index (χ4v) is 4.18. The van der Waals surface area contributed by atoms with Crippen molar-refractivity contribution < 1.29 is 0 Å². The Kier molecular flexibility index (Phi) is 8.04. The van der Waals surface area contributed by atoms with Crippen LogP contribution in [0.3, 0.4) is 0 Å². The standard InChI is InChI=1S/C6H13Cl2PS2/c1-2-3-4-5-6-11-9(7,8)10/h2-6H2,1H3. The van der Waals surface area contributed by atoms with Gasteiger partial charge in [-0.3, -0.25) is 0 Å². The van der Waals surface area contributed by atoms with Gasteiger partial charge in [-0.05, 0) is 6.42 Å². The van der Waals surface area contributed by atoms with Crippen LogP contribution in [-0.4, -0.2) is 5.75 Å². The van der Waals surface area contributed by atoms with E-state index in [0.29, 0.717) is 0 Å². The third-order valence-corrected chi connectivity index (χ3v) is 6.17. The molecular weight excluding hydrogens is 238 g/mol. The first kappa shape index (κ1) is 12.6. The van der Waals surface area contributed by atoms with Crippen molar-refractivity contribution in [1.82, 2.24) is 0 Å². The highest BCUT2D eigenvalue weighted by Gasteiger charge is 2.06. The van der Waals surface area contributed by atoms with Gasteiger partial charge in [-0.2, -0.15) is 0 Å². The van der Waals surface area contributed by atoms with Crippen LogP contribution in [0.25, 0.3) is 0 Å². The maximum atomic E-state index is 5.70. The molecule has 0 fully saturated rings. The van der Waals surface area contributed by atoms with Gasteiger partial charge < -0.3 is 0 Å². The Balaban J connectivity index is 3.09. The molecule has 0 heterocycles. The van der Waals surface area contributed by atoms with E-state index in [-0.39, 0.29) is 0 Å². The number of hydrogen-bond acceptors (Lipinski definition) is 2. The second kappa shape index (κ2) is 7.03. The summed E-state index contributed by atoms with van der Waals surface area (Å²) in [5.74, 6) is 1.02. The largest absolute Gasteiger partial charge is 0.171 e. The molecule has 0 aliphatic heterocycles. The van der Waals surface area contributed by atoms with Crippen LogP contribution < -0.4 is 0 Å². The predicted molar refractivity (Wildman–Crippen MR) is 62.6 cm³/mol. The normalized spacial score (nSPS) is 11.9. The lowest BCUT2D eigenvalue weighted by Gasteiger charge is -2.03. The Morgan fingerprint density at radius 3 is 2.36 bits per heavy atom. The van der Waals surface area contributed by atoms with Gasteiger partial charge in [0.05, 0.1) is 0 Å². The Hall–Kier alpha value is 1.58. The van der Waals surface area contributed by atoms with E-state index in [0.717, 1.165) is 5.75 Å². The van der Waals surface area contributed by atoms with E-state index in [9.17, 15) is 0 Å². The van der Waals surface area contributed by atoms with Gasteiger partial charge >= 0.3 is 0 Å². The zero-order valence-electron chi connectivity index (χ0n) is 6.56. The summed E-state index contributed by atoms with van der Waals surface area (Å²) >= 11 is 17.8. The highest BCUT2D eigenvalue weighted by atomic mass is 35.9. The molecule has 0 saturated carbocycles. The molecule has 11 heavy (non-hydrogen) atoms. The van der Waals surface area contributed by atoms with E-state index < -0.39 is 3.95 Å². The van der Waals surface area contributed by atoms with Crippen molar-refractivity contribution in [2.24, 2.45) is 0 Å².